The number of quaternary nitrogens is 1. The number of esters is 2. The van der Waals surface area contributed by atoms with Crippen LogP contribution in [-0.4, -0.2) is 70.0 Å². The van der Waals surface area contributed by atoms with Gasteiger partial charge in [-0.05, 0) is 64.2 Å². The lowest BCUT2D eigenvalue weighted by atomic mass is 10.0. The number of hydrogen-bond donors (Lipinski definition) is 0. The van der Waals surface area contributed by atoms with E-state index in [1.54, 1.807) is 0 Å². The summed E-state index contributed by atoms with van der Waals surface area (Å²) in [6, 6.07) is 0. The smallest absolute Gasteiger partial charge is 0.306 e. The topological polar surface area (TPSA) is 111 Å². The molecule has 0 radical (unpaired) electrons. The third-order valence-electron chi connectivity index (χ3n) is 14.2. The van der Waals surface area contributed by atoms with Crippen LogP contribution in [0.5, 0.6) is 0 Å². The lowest BCUT2D eigenvalue weighted by Gasteiger charge is -2.28. The van der Waals surface area contributed by atoms with Gasteiger partial charge in [-0.15, -0.1) is 0 Å². The Morgan fingerprint density at radius 3 is 1.09 bits per heavy atom. The Hall–Kier alpha value is -2.55. The number of phosphoric ester groups is 1. The highest BCUT2D eigenvalue weighted by molar-refractivity contribution is 7.45. The molecule has 0 aromatic carbocycles. The zero-order chi connectivity index (χ0) is 57.0. The standard InChI is InChI=1S/C68H124NO8P/c1-6-8-10-12-14-16-18-20-22-24-26-28-30-31-32-33-34-35-36-37-39-40-42-44-46-48-50-52-54-56-58-60-67(70)74-64-66(65-76-78(72,73)75-63-62-69(3,4)5)77-68(71)61-59-57-55-53-51-49-47-45-43-41-38-29-27-25-23-21-19-17-15-13-11-9-7-2/h9,11,15,17,21,23,27,29,41,43,47,49,66H,6-8,10,12-14,16,18-20,22,24-26,28,30-40,42,44-46,48,50-65H2,1-5H3/b11-9-,17-15-,23-21-,29-27-,43-41-,49-47-. The van der Waals surface area contributed by atoms with Gasteiger partial charge in [0, 0.05) is 12.8 Å². The van der Waals surface area contributed by atoms with E-state index in [-0.39, 0.29) is 32.0 Å². The van der Waals surface area contributed by atoms with Crippen LogP contribution in [0.2, 0.25) is 0 Å². The summed E-state index contributed by atoms with van der Waals surface area (Å²) < 4.78 is 34.2. The van der Waals surface area contributed by atoms with Crippen LogP contribution in [-0.2, 0) is 32.7 Å². The fraction of sp³-hybridized carbons (Fsp3) is 0.794. The molecule has 454 valence electrons. The molecule has 0 aromatic heterocycles. The number of nitrogens with zero attached hydrogens (tertiary/aromatic N) is 1. The quantitative estimate of drug-likeness (QED) is 0.0195. The number of unbranched alkanes of at least 4 members (excludes halogenated alkanes) is 34. The number of hydrogen-bond acceptors (Lipinski definition) is 8. The molecule has 0 amide bonds. The van der Waals surface area contributed by atoms with E-state index in [0.717, 1.165) is 83.5 Å². The van der Waals surface area contributed by atoms with Gasteiger partial charge in [0.25, 0.3) is 7.82 Å². The van der Waals surface area contributed by atoms with Crippen LogP contribution >= 0.6 is 7.82 Å². The molecule has 0 saturated heterocycles. The number of carbonyl (C=O) groups is 2. The maximum absolute atomic E-state index is 12.8. The highest BCUT2D eigenvalue weighted by Crippen LogP contribution is 2.38. The summed E-state index contributed by atoms with van der Waals surface area (Å²) in [6.45, 7) is 4.13. The number of allylic oxidation sites excluding steroid dienone is 12. The Bertz CT molecular complexity index is 1550. The molecule has 78 heavy (non-hydrogen) atoms. The van der Waals surface area contributed by atoms with Gasteiger partial charge in [-0.25, -0.2) is 0 Å². The number of ether oxygens (including phenoxy) is 2. The van der Waals surface area contributed by atoms with Crippen molar-refractivity contribution in [2.75, 3.05) is 47.5 Å². The molecule has 0 aliphatic rings. The summed E-state index contributed by atoms with van der Waals surface area (Å²) in [7, 11) is 1.15. The van der Waals surface area contributed by atoms with Gasteiger partial charge in [-0.1, -0.05) is 292 Å². The molecule has 0 aromatic rings. The van der Waals surface area contributed by atoms with E-state index in [4.69, 9.17) is 18.5 Å². The third kappa shape index (κ3) is 62.6. The van der Waals surface area contributed by atoms with Gasteiger partial charge in [-0.3, -0.25) is 14.2 Å². The van der Waals surface area contributed by atoms with Crippen molar-refractivity contribution in [3.05, 3.63) is 72.9 Å². The Morgan fingerprint density at radius 1 is 0.410 bits per heavy atom. The van der Waals surface area contributed by atoms with Crippen molar-refractivity contribution in [3.8, 4) is 0 Å². The monoisotopic (exact) mass is 1110 g/mol. The Morgan fingerprint density at radius 2 is 0.731 bits per heavy atom. The summed E-state index contributed by atoms with van der Waals surface area (Å²) in [5, 5.41) is 0. The molecule has 0 rings (SSSR count). The first-order valence-electron chi connectivity index (χ1n) is 32.6. The molecule has 0 N–H and O–H groups in total. The van der Waals surface area contributed by atoms with E-state index >= 15 is 0 Å². The molecule has 0 aliphatic carbocycles. The molecule has 0 aliphatic heterocycles. The highest BCUT2D eigenvalue weighted by atomic mass is 31.2. The number of likely N-dealkylation sites (N-methyl/N-ethyl adjacent to an activating group) is 1. The zero-order valence-corrected chi connectivity index (χ0v) is 52.5. The van der Waals surface area contributed by atoms with Crippen LogP contribution in [0.15, 0.2) is 72.9 Å². The molecule has 9 nitrogen and oxygen atoms in total. The van der Waals surface area contributed by atoms with Crippen LogP contribution in [0.3, 0.4) is 0 Å². The first-order valence-corrected chi connectivity index (χ1v) is 34.1. The minimum Gasteiger partial charge on any atom is -0.756 e. The summed E-state index contributed by atoms with van der Waals surface area (Å²) in [4.78, 5) is 38.0. The minimum absolute atomic E-state index is 0.0382. The lowest BCUT2D eigenvalue weighted by Crippen LogP contribution is -2.37. The van der Waals surface area contributed by atoms with E-state index in [9.17, 15) is 19.0 Å². The molecule has 0 spiro atoms. The molecule has 0 heterocycles. The second-order valence-electron chi connectivity index (χ2n) is 23.1. The van der Waals surface area contributed by atoms with Crippen molar-refractivity contribution in [2.24, 2.45) is 0 Å². The van der Waals surface area contributed by atoms with Crippen molar-refractivity contribution in [2.45, 2.75) is 302 Å². The number of phosphoric acid groups is 1. The van der Waals surface area contributed by atoms with Crippen LogP contribution < -0.4 is 4.89 Å². The van der Waals surface area contributed by atoms with Gasteiger partial charge >= 0.3 is 11.9 Å². The summed E-state index contributed by atoms with van der Waals surface area (Å²) in [5.41, 5.74) is 0. The molecular weight excluding hydrogens is 990 g/mol. The van der Waals surface area contributed by atoms with Gasteiger partial charge in [0.2, 0.25) is 0 Å². The van der Waals surface area contributed by atoms with Crippen molar-refractivity contribution in [1.82, 2.24) is 0 Å². The Balaban J connectivity index is 4.08. The van der Waals surface area contributed by atoms with Crippen LogP contribution in [0.25, 0.3) is 0 Å². The Kier molecular flexibility index (Phi) is 57.2. The maximum atomic E-state index is 12.8. The zero-order valence-electron chi connectivity index (χ0n) is 51.6. The second-order valence-corrected chi connectivity index (χ2v) is 24.5. The van der Waals surface area contributed by atoms with Gasteiger partial charge < -0.3 is 27.9 Å². The van der Waals surface area contributed by atoms with Gasteiger partial charge in [-0.2, -0.15) is 0 Å². The van der Waals surface area contributed by atoms with Gasteiger partial charge in [0.05, 0.1) is 27.7 Å². The molecule has 0 saturated carbocycles. The highest BCUT2D eigenvalue weighted by Gasteiger charge is 2.22. The largest absolute Gasteiger partial charge is 0.756 e. The van der Waals surface area contributed by atoms with E-state index < -0.39 is 26.5 Å². The van der Waals surface area contributed by atoms with E-state index in [0.29, 0.717) is 17.4 Å². The summed E-state index contributed by atoms with van der Waals surface area (Å²) >= 11 is 0. The van der Waals surface area contributed by atoms with Crippen molar-refractivity contribution in [1.29, 1.82) is 0 Å². The fourth-order valence-corrected chi connectivity index (χ4v) is 9.98. The molecule has 2 atom stereocenters. The van der Waals surface area contributed by atoms with Gasteiger partial charge in [0.1, 0.15) is 19.8 Å². The van der Waals surface area contributed by atoms with Gasteiger partial charge in [0.15, 0.2) is 6.10 Å². The number of carbonyl (C=O) groups excluding carboxylic acids is 2. The lowest BCUT2D eigenvalue weighted by molar-refractivity contribution is -0.870. The molecule has 0 fully saturated rings. The van der Waals surface area contributed by atoms with E-state index in [1.807, 2.05) is 21.1 Å². The third-order valence-corrected chi connectivity index (χ3v) is 15.2. The normalized spacial score (nSPS) is 13.7. The Labute approximate surface area is 482 Å². The van der Waals surface area contributed by atoms with Crippen LogP contribution in [0.4, 0.5) is 0 Å². The van der Waals surface area contributed by atoms with Crippen molar-refractivity contribution >= 4 is 19.8 Å². The molecule has 0 bridgehead atoms. The predicted octanol–water partition coefficient (Wildman–Crippen LogP) is 20.2. The van der Waals surface area contributed by atoms with Crippen LogP contribution in [0, 0.1) is 0 Å². The summed E-state index contributed by atoms with van der Waals surface area (Å²) in [5.74, 6) is -0.854. The second kappa shape index (κ2) is 59.1. The van der Waals surface area contributed by atoms with E-state index in [1.165, 1.54) is 180 Å². The average Bonchev–Trinajstić information content (AvgIpc) is 3.40. The average molecular weight is 1110 g/mol. The molecule has 2 unspecified atom stereocenters. The minimum atomic E-state index is -4.65. The SMILES string of the molecule is CC/C=C\C/C=C\C/C=C\C/C=C\C/C=C\C/C=C\CCCCCCC(=O)OC(COC(=O)CCCCCCCCCCCCCCCCCCCCCCCCCCCCCCCCC)COP(=O)([O-])OCC[N+](C)(C)C. The molecular formula is C68H124NO8P. The summed E-state index contributed by atoms with van der Waals surface area (Å²) in [6.07, 6.45) is 78.4. The number of rotatable bonds is 60. The van der Waals surface area contributed by atoms with Crippen molar-refractivity contribution < 1.29 is 42.1 Å². The first-order chi connectivity index (χ1) is 38.0. The predicted molar refractivity (Wildman–Crippen MR) is 333 cm³/mol. The van der Waals surface area contributed by atoms with Crippen molar-refractivity contribution in [3.63, 3.8) is 0 Å². The first kappa shape index (κ1) is 75.5. The maximum Gasteiger partial charge on any atom is 0.306 e. The fourth-order valence-electron chi connectivity index (χ4n) is 9.25. The van der Waals surface area contributed by atoms with Crippen LogP contribution in [0.1, 0.15) is 296 Å². The molecule has 10 heteroatoms. The van der Waals surface area contributed by atoms with E-state index in [2.05, 4.69) is 86.8 Å².